The summed E-state index contributed by atoms with van der Waals surface area (Å²) in [5.74, 6) is -1.31. The molecule has 1 aliphatic heterocycles. The standard InChI is InChI=1S/C25H31N10O10PS/c1-12(2)22(37)31-25-30-21-19(23(38)32-25)29-11-34(21)24-18(45-46(39)40)5-15(43-24)7-35(47(41)42)44-17-4-14(3-13(17)8-36)33-10-28-16-6-26-9-27-20(16)33/h6,9-15,17-18,24,36H,3-5,7-8H2,1-2H3,(H3-,30,31,32,37,38,39,40,41,42)/p+1/t13-,14-,15+,17+,18-,24-/m1/s1. The number of fused-ring (bicyclic) bond motifs is 2. The maximum absolute atomic E-state index is 12.7. The highest BCUT2D eigenvalue weighted by Crippen LogP contribution is 2.40. The second-order valence-electron chi connectivity index (χ2n) is 11.5. The van der Waals surface area contributed by atoms with Crippen LogP contribution in [0.15, 0.2) is 30.0 Å². The van der Waals surface area contributed by atoms with Gasteiger partial charge in [-0.2, -0.15) is 4.98 Å². The third-order valence-electron chi connectivity index (χ3n) is 8.09. The van der Waals surface area contributed by atoms with E-state index in [1.54, 1.807) is 26.4 Å². The van der Waals surface area contributed by atoms with E-state index in [0.717, 1.165) is 4.47 Å². The van der Waals surface area contributed by atoms with E-state index >= 15 is 0 Å². The Morgan fingerprint density at radius 2 is 2.00 bits per heavy atom. The molecule has 6 rings (SSSR count). The van der Waals surface area contributed by atoms with Crippen LogP contribution >= 0.6 is 8.25 Å². The van der Waals surface area contributed by atoms with Crippen molar-refractivity contribution in [3.05, 3.63) is 35.5 Å². The van der Waals surface area contributed by atoms with Crippen LogP contribution in [0.1, 0.15) is 45.4 Å². The number of aromatic nitrogens is 8. The number of carbonyl (C=O) groups excluding carboxylic acids is 1. The molecule has 1 aliphatic carbocycles. The highest BCUT2D eigenvalue weighted by Gasteiger charge is 2.45. The molecular formula is C25H32N10O10PS+. The molecule has 0 aromatic carbocycles. The molecule has 4 aromatic heterocycles. The SMILES string of the molecule is CC(C)C(=O)Nc1nc2c(ncn2[C@@H]2O[C@H](CN(O[C@H]3C[C@H](n4cnc5cncnc54)C[C@@H]3CO)S(=O)O)C[C@H]2O[P+](=O)O)c(=O)[nH]1. The lowest BCUT2D eigenvalue weighted by molar-refractivity contribution is -0.166. The quantitative estimate of drug-likeness (QED) is 0.0770. The molecule has 2 aliphatic rings. The van der Waals surface area contributed by atoms with Crippen molar-refractivity contribution in [1.29, 1.82) is 0 Å². The van der Waals surface area contributed by atoms with Crippen LogP contribution in [0.4, 0.5) is 5.95 Å². The number of nitrogens with zero attached hydrogens (tertiary/aromatic N) is 8. The first kappa shape index (κ1) is 33.2. The normalized spacial score (nSPS) is 25.7. The highest BCUT2D eigenvalue weighted by molar-refractivity contribution is 7.76. The number of imidazole rings is 2. The number of aliphatic hydroxyl groups is 1. The average molecular weight is 696 g/mol. The van der Waals surface area contributed by atoms with Crippen LogP contribution in [0, 0.1) is 11.8 Å². The van der Waals surface area contributed by atoms with Crippen molar-refractivity contribution in [1.82, 2.24) is 43.5 Å². The number of aliphatic hydroxyl groups excluding tert-OH is 1. The van der Waals surface area contributed by atoms with Gasteiger partial charge >= 0.3 is 8.25 Å². The molecule has 2 fully saturated rings. The van der Waals surface area contributed by atoms with Crippen LogP contribution in [0.5, 0.6) is 0 Å². The van der Waals surface area contributed by atoms with E-state index in [1.165, 1.54) is 17.2 Å². The molecule has 5 heterocycles. The summed E-state index contributed by atoms with van der Waals surface area (Å²) in [6.45, 7) is 2.81. The van der Waals surface area contributed by atoms with Gasteiger partial charge in [-0.15, -0.1) is 9.42 Å². The van der Waals surface area contributed by atoms with Gasteiger partial charge in [0.25, 0.3) is 16.8 Å². The minimum Gasteiger partial charge on any atom is -0.396 e. The van der Waals surface area contributed by atoms with E-state index in [1.807, 2.05) is 4.57 Å². The first-order chi connectivity index (χ1) is 22.5. The third kappa shape index (κ3) is 6.98. The highest BCUT2D eigenvalue weighted by atomic mass is 32.2. The number of nitrogens with one attached hydrogen (secondary N) is 2. The second-order valence-corrected chi connectivity index (χ2v) is 13.0. The van der Waals surface area contributed by atoms with Gasteiger partial charge < -0.3 is 14.4 Å². The smallest absolute Gasteiger partial charge is 0.396 e. The molecule has 4 aromatic rings. The van der Waals surface area contributed by atoms with Crippen molar-refractivity contribution in [2.45, 2.75) is 63.7 Å². The lowest BCUT2D eigenvalue weighted by atomic mass is 10.1. The fourth-order valence-corrected chi connectivity index (χ4v) is 6.74. The fraction of sp³-hybridized carbons (Fsp3) is 0.560. The Hall–Kier alpha value is -3.66. The summed E-state index contributed by atoms with van der Waals surface area (Å²) in [5.41, 5.74) is 0.483. The number of aromatic amines is 1. The van der Waals surface area contributed by atoms with Gasteiger partial charge in [0, 0.05) is 35.5 Å². The molecular weight excluding hydrogens is 663 g/mol. The molecule has 22 heteroatoms. The third-order valence-corrected chi connectivity index (χ3v) is 9.13. The zero-order chi connectivity index (χ0) is 33.4. The molecule has 1 saturated carbocycles. The second kappa shape index (κ2) is 13.8. The minimum absolute atomic E-state index is 0.000792. The van der Waals surface area contributed by atoms with E-state index in [2.05, 4.69) is 35.2 Å². The zero-order valence-electron chi connectivity index (χ0n) is 25.0. The zero-order valence-corrected chi connectivity index (χ0v) is 26.7. The van der Waals surface area contributed by atoms with E-state index < -0.39 is 61.4 Å². The van der Waals surface area contributed by atoms with Crippen LogP contribution in [0.3, 0.4) is 0 Å². The molecule has 252 valence electrons. The van der Waals surface area contributed by atoms with Gasteiger partial charge in [-0.3, -0.25) is 33.8 Å². The van der Waals surface area contributed by atoms with Gasteiger partial charge in [-0.1, -0.05) is 18.3 Å². The van der Waals surface area contributed by atoms with Crippen LogP contribution in [-0.2, 0) is 34.7 Å². The van der Waals surface area contributed by atoms with Crippen molar-refractivity contribution in [3.63, 3.8) is 0 Å². The largest absolute Gasteiger partial charge is 0.695 e. The fourth-order valence-electron chi connectivity index (χ4n) is 5.84. The first-order valence-corrected chi connectivity index (χ1v) is 16.8. The van der Waals surface area contributed by atoms with Gasteiger partial charge in [-0.05, 0) is 12.8 Å². The number of hydrogen-bond donors (Lipinski definition) is 5. The number of anilines is 1. The summed E-state index contributed by atoms with van der Waals surface area (Å²) in [6.07, 6.45) is 2.93. The topological polar surface area (TPSA) is 262 Å². The number of ether oxygens (including phenoxy) is 1. The van der Waals surface area contributed by atoms with Crippen molar-refractivity contribution < 1.29 is 42.2 Å². The molecule has 8 atom stereocenters. The van der Waals surface area contributed by atoms with Gasteiger partial charge in [0.15, 0.2) is 29.1 Å². The van der Waals surface area contributed by atoms with E-state index in [4.69, 9.17) is 14.1 Å². The summed E-state index contributed by atoms with van der Waals surface area (Å²) in [6, 6.07) is -0.169. The van der Waals surface area contributed by atoms with Crippen molar-refractivity contribution in [2.75, 3.05) is 18.5 Å². The van der Waals surface area contributed by atoms with Crippen molar-refractivity contribution >= 4 is 53.7 Å². The molecule has 2 unspecified atom stereocenters. The predicted octanol–water partition coefficient (Wildman–Crippen LogP) is 0.559. The van der Waals surface area contributed by atoms with Crippen LogP contribution in [0.25, 0.3) is 22.3 Å². The Morgan fingerprint density at radius 3 is 2.72 bits per heavy atom. The number of hydroxylamine groups is 1. The molecule has 0 spiro atoms. The van der Waals surface area contributed by atoms with Crippen LogP contribution in [-0.4, -0.2) is 99.6 Å². The van der Waals surface area contributed by atoms with Crippen molar-refractivity contribution in [3.8, 4) is 0 Å². The predicted molar refractivity (Wildman–Crippen MR) is 161 cm³/mol. The summed E-state index contributed by atoms with van der Waals surface area (Å²) in [5, 5.41) is 12.6. The first-order valence-electron chi connectivity index (χ1n) is 14.6. The van der Waals surface area contributed by atoms with Crippen LogP contribution < -0.4 is 10.9 Å². The molecule has 1 amide bonds. The lowest BCUT2D eigenvalue weighted by Crippen LogP contribution is -2.38. The summed E-state index contributed by atoms with van der Waals surface area (Å²) in [4.78, 5) is 63.9. The molecule has 0 bridgehead atoms. The Bertz CT molecular complexity index is 1870. The average Bonchev–Trinajstić information content (AvgIpc) is 3.81. The minimum atomic E-state index is -3.10. The number of hydrogen-bond acceptors (Lipinski definition) is 13. The molecule has 47 heavy (non-hydrogen) atoms. The van der Waals surface area contributed by atoms with Crippen LogP contribution in [0.2, 0.25) is 0 Å². The van der Waals surface area contributed by atoms with Gasteiger partial charge in [0.2, 0.25) is 11.9 Å². The lowest BCUT2D eigenvalue weighted by Gasteiger charge is -2.26. The van der Waals surface area contributed by atoms with Gasteiger partial charge in [0.05, 0.1) is 37.6 Å². The number of H-pyrrole nitrogens is 1. The van der Waals surface area contributed by atoms with Crippen molar-refractivity contribution in [2.24, 2.45) is 11.8 Å². The Morgan fingerprint density at radius 1 is 1.21 bits per heavy atom. The molecule has 1 saturated heterocycles. The summed E-state index contributed by atoms with van der Waals surface area (Å²) >= 11 is -2.65. The monoisotopic (exact) mass is 695 g/mol. The van der Waals surface area contributed by atoms with E-state index in [-0.39, 0.29) is 48.6 Å². The Kier molecular flexibility index (Phi) is 9.78. The number of rotatable bonds is 12. The molecule has 5 N–H and O–H groups in total. The number of amides is 1. The molecule has 0 radical (unpaired) electrons. The van der Waals surface area contributed by atoms with E-state index in [9.17, 15) is 32.9 Å². The van der Waals surface area contributed by atoms with Gasteiger partial charge in [0.1, 0.15) is 11.8 Å². The maximum atomic E-state index is 12.7. The number of carbonyl (C=O) groups is 1. The maximum Gasteiger partial charge on any atom is 0.695 e. The Balaban J connectivity index is 1.21. The van der Waals surface area contributed by atoms with E-state index in [0.29, 0.717) is 24.0 Å². The van der Waals surface area contributed by atoms with Gasteiger partial charge in [-0.25, -0.2) is 24.1 Å². The summed E-state index contributed by atoms with van der Waals surface area (Å²) in [7, 11) is -3.10. The summed E-state index contributed by atoms with van der Waals surface area (Å²) < 4.78 is 49.7. The molecule has 20 nitrogen and oxygen atoms in total. The Labute approximate surface area is 268 Å².